The molecule has 4 atom stereocenters. The van der Waals surface area contributed by atoms with Crippen LogP contribution in [0.4, 0.5) is 4.79 Å². The van der Waals surface area contributed by atoms with Gasteiger partial charge in [0.2, 0.25) is 5.91 Å². The van der Waals surface area contributed by atoms with Crippen molar-refractivity contribution in [3.05, 3.63) is 48.4 Å². The lowest BCUT2D eigenvalue weighted by molar-refractivity contribution is -0.141. The van der Waals surface area contributed by atoms with E-state index in [4.69, 9.17) is 19.0 Å². The molecule has 3 fully saturated rings. The maximum Gasteiger partial charge on any atom is 0.494 e. The summed E-state index contributed by atoms with van der Waals surface area (Å²) in [6.07, 6.45) is 6.28. The molecular weight excluding hydrogens is 555 g/mol. The van der Waals surface area contributed by atoms with Crippen LogP contribution in [0.5, 0.6) is 0 Å². The number of nitrogens with zero attached hydrogens (tertiary/aromatic N) is 2. The number of carbonyl (C=O) groups excluding carboxylic acids is 2. The number of nitrogens with one attached hydrogen (secondary N) is 2. The fourth-order valence-electron chi connectivity index (χ4n) is 7.64. The number of hydrogen-bond acceptors (Lipinski definition) is 6. The van der Waals surface area contributed by atoms with Crippen molar-refractivity contribution in [3.8, 4) is 11.3 Å². The van der Waals surface area contributed by atoms with Crippen LogP contribution >= 0.6 is 0 Å². The quantitative estimate of drug-likeness (QED) is 0.366. The molecule has 2 aliphatic heterocycles. The fraction of sp³-hybridized carbons (Fsp3) is 0.559. The number of rotatable bonds is 5. The predicted molar refractivity (Wildman–Crippen MR) is 171 cm³/mol. The number of hydrogen-bond donors (Lipinski definition) is 2. The van der Waals surface area contributed by atoms with Crippen molar-refractivity contribution < 1.29 is 23.6 Å². The summed E-state index contributed by atoms with van der Waals surface area (Å²) in [5.74, 6) is 0.646. The largest absolute Gasteiger partial charge is 0.494 e. The van der Waals surface area contributed by atoms with Crippen LogP contribution < -0.4 is 10.8 Å². The number of methoxy groups -OCH3 is 1. The molecule has 1 aromatic heterocycles. The molecule has 0 bridgehead atoms. The highest BCUT2D eigenvalue weighted by atomic mass is 16.7. The van der Waals surface area contributed by atoms with Gasteiger partial charge in [0.25, 0.3) is 0 Å². The molecule has 2 N–H and O–H groups in total. The van der Waals surface area contributed by atoms with E-state index in [2.05, 4.69) is 88.2 Å². The minimum atomic E-state index is -0.719. The van der Waals surface area contributed by atoms with Gasteiger partial charge in [-0.1, -0.05) is 50.1 Å². The maximum atomic E-state index is 14.0. The molecule has 234 valence electrons. The third kappa shape index (κ3) is 5.00. The summed E-state index contributed by atoms with van der Waals surface area (Å²) in [5, 5.41) is 4.88. The Morgan fingerprint density at radius 1 is 1.05 bits per heavy atom. The number of aromatic nitrogens is 2. The van der Waals surface area contributed by atoms with Crippen LogP contribution in [0.25, 0.3) is 22.0 Å². The van der Waals surface area contributed by atoms with Crippen LogP contribution in [0.3, 0.4) is 0 Å². The van der Waals surface area contributed by atoms with E-state index in [0.29, 0.717) is 0 Å². The van der Waals surface area contributed by atoms with Crippen molar-refractivity contribution in [1.29, 1.82) is 0 Å². The van der Waals surface area contributed by atoms with Gasteiger partial charge in [-0.05, 0) is 88.5 Å². The molecule has 2 amide bonds. The average molecular weight is 601 g/mol. The number of imidazole rings is 1. The average Bonchev–Trinajstić information content (AvgIpc) is 3.62. The zero-order chi connectivity index (χ0) is 31.7. The predicted octanol–water partition coefficient (Wildman–Crippen LogP) is 5.67. The molecule has 6 rings (SSSR count). The molecule has 1 unspecified atom stereocenters. The van der Waals surface area contributed by atoms with Crippen molar-refractivity contribution in [3.63, 3.8) is 0 Å². The molecule has 0 spiro atoms. The summed E-state index contributed by atoms with van der Waals surface area (Å²) in [4.78, 5) is 36.5. The molecule has 3 heterocycles. The van der Waals surface area contributed by atoms with Crippen molar-refractivity contribution in [2.24, 2.45) is 5.41 Å². The van der Waals surface area contributed by atoms with E-state index >= 15 is 0 Å². The Morgan fingerprint density at radius 2 is 1.73 bits per heavy atom. The van der Waals surface area contributed by atoms with E-state index in [1.807, 2.05) is 11.1 Å². The first kappa shape index (κ1) is 30.7. The minimum absolute atomic E-state index is 0.0293. The smallest absolute Gasteiger partial charge is 0.453 e. The van der Waals surface area contributed by atoms with Gasteiger partial charge in [0.05, 0.1) is 35.7 Å². The van der Waals surface area contributed by atoms with Crippen molar-refractivity contribution in [1.82, 2.24) is 20.2 Å². The SMILES string of the molecule is COC(=O)NC(C)C(=O)N1[C@H]2CCCC[C@@]2(C)C[C@@]1(C)c1ncc(-c2ccc3cc(B4OC(C)(C)C(C)(C)O4)ccc3c2)[nH]1. The lowest BCUT2D eigenvalue weighted by Crippen LogP contribution is -2.56. The molecule has 44 heavy (non-hydrogen) atoms. The highest BCUT2D eigenvalue weighted by Crippen LogP contribution is 2.56. The number of carbonyl (C=O) groups is 2. The minimum Gasteiger partial charge on any atom is -0.453 e. The zero-order valence-electron chi connectivity index (χ0n) is 27.2. The van der Waals surface area contributed by atoms with Crippen LogP contribution in [-0.2, 0) is 24.4 Å². The number of amides is 2. The Balaban J connectivity index is 1.29. The fourth-order valence-corrected chi connectivity index (χ4v) is 7.64. The summed E-state index contributed by atoms with van der Waals surface area (Å²) in [5.41, 5.74) is 1.44. The van der Waals surface area contributed by atoms with Gasteiger partial charge in [-0.2, -0.15) is 0 Å². The molecule has 1 saturated carbocycles. The second kappa shape index (κ2) is 10.6. The Bertz CT molecular complexity index is 1590. The number of fused-ring (bicyclic) bond motifs is 2. The summed E-state index contributed by atoms with van der Waals surface area (Å²) in [6.45, 7) is 14.4. The van der Waals surface area contributed by atoms with E-state index in [-0.39, 0.29) is 17.4 Å². The topological polar surface area (TPSA) is 106 Å². The van der Waals surface area contributed by atoms with Gasteiger partial charge < -0.3 is 29.2 Å². The lowest BCUT2D eigenvalue weighted by Gasteiger charge is -2.42. The molecule has 10 heteroatoms. The number of ether oxygens (including phenoxy) is 1. The monoisotopic (exact) mass is 600 g/mol. The molecule has 1 aliphatic carbocycles. The third-order valence-corrected chi connectivity index (χ3v) is 10.8. The van der Waals surface area contributed by atoms with E-state index in [1.165, 1.54) is 7.11 Å². The van der Waals surface area contributed by atoms with Crippen LogP contribution in [0.1, 0.15) is 86.4 Å². The Morgan fingerprint density at radius 3 is 2.43 bits per heavy atom. The first-order valence-corrected chi connectivity index (χ1v) is 15.8. The van der Waals surface area contributed by atoms with Gasteiger partial charge in [-0.3, -0.25) is 4.79 Å². The van der Waals surface area contributed by atoms with Crippen molar-refractivity contribution in [2.75, 3.05) is 7.11 Å². The molecule has 3 aromatic rings. The summed E-state index contributed by atoms with van der Waals surface area (Å²) < 4.78 is 17.3. The van der Waals surface area contributed by atoms with Crippen LogP contribution in [-0.4, -0.2) is 64.4 Å². The molecule has 3 aliphatic rings. The highest BCUT2D eigenvalue weighted by Gasteiger charge is 2.59. The Kier molecular flexibility index (Phi) is 7.40. The third-order valence-electron chi connectivity index (χ3n) is 10.8. The second-order valence-electron chi connectivity index (χ2n) is 14.5. The number of aromatic amines is 1. The number of likely N-dealkylation sites (tertiary alicyclic amines) is 1. The standard InChI is InChI=1S/C34H45BN4O5/c1-21(37-30(41)42-8)28(40)39-27-11-9-10-16-33(27,6)20-34(39,7)29-36-19-26(38-29)24-13-12-23-18-25(15-14-22(23)17-24)35-43-31(2,3)32(4,5)44-35/h12-15,17-19,21,27H,9-11,16,20H2,1-8H3,(H,36,38)(H,37,41)/t21?,27-,33-,34-/m0/s1. The van der Waals surface area contributed by atoms with E-state index in [0.717, 1.165) is 65.4 Å². The van der Waals surface area contributed by atoms with Crippen LogP contribution in [0, 0.1) is 5.41 Å². The number of alkyl carbamates (subject to hydrolysis) is 1. The second-order valence-corrected chi connectivity index (χ2v) is 14.5. The normalized spacial score (nSPS) is 28.1. The van der Waals surface area contributed by atoms with Crippen LogP contribution in [0.2, 0.25) is 0 Å². The zero-order valence-corrected chi connectivity index (χ0v) is 27.2. The molecule has 9 nitrogen and oxygen atoms in total. The lowest BCUT2D eigenvalue weighted by atomic mass is 9.70. The number of benzene rings is 2. The molecule has 0 radical (unpaired) electrons. The highest BCUT2D eigenvalue weighted by molar-refractivity contribution is 6.62. The van der Waals surface area contributed by atoms with Gasteiger partial charge in [0, 0.05) is 11.6 Å². The first-order chi connectivity index (χ1) is 20.7. The molecule has 2 aromatic carbocycles. The van der Waals surface area contributed by atoms with Crippen molar-refractivity contribution in [2.45, 2.75) is 109 Å². The Hall–Kier alpha value is -3.37. The first-order valence-electron chi connectivity index (χ1n) is 15.8. The van der Waals surface area contributed by atoms with E-state index < -0.39 is 36.0 Å². The molecule has 2 saturated heterocycles. The van der Waals surface area contributed by atoms with Gasteiger partial charge in [0.1, 0.15) is 11.9 Å². The molecular formula is C34H45BN4O5. The summed E-state index contributed by atoms with van der Waals surface area (Å²) in [7, 11) is 0.897. The number of H-pyrrole nitrogens is 1. The van der Waals surface area contributed by atoms with E-state index in [9.17, 15) is 9.59 Å². The van der Waals surface area contributed by atoms with Crippen molar-refractivity contribution >= 4 is 35.4 Å². The van der Waals surface area contributed by atoms with Crippen LogP contribution in [0.15, 0.2) is 42.6 Å². The van der Waals surface area contributed by atoms with Gasteiger partial charge >= 0.3 is 13.2 Å². The van der Waals surface area contributed by atoms with Gasteiger partial charge in [-0.25, -0.2) is 9.78 Å². The maximum absolute atomic E-state index is 14.0. The van der Waals surface area contributed by atoms with E-state index in [1.54, 1.807) is 6.92 Å². The summed E-state index contributed by atoms with van der Waals surface area (Å²) >= 11 is 0. The van der Waals surface area contributed by atoms with Gasteiger partial charge in [-0.15, -0.1) is 0 Å². The van der Waals surface area contributed by atoms with Gasteiger partial charge in [0.15, 0.2) is 0 Å². The Labute approximate surface area is 260 Å². The summed E-state index contributed by atoms with van der Waals surface area (Å²) in [6, 6.07) is 12.0.